The largest absolute Gasteiger partial charge is 0.469 e. The molecule has 0 saturated heterocycles. The number of hydrogen-bond donors (Lipinski definition) is 2. The van der Waals surface area contributed by atoms with Crippen LogP contribution in [0.2, 0.25) is 0 Å². The molecule has 112 valence electrons. The van der Waals surface area contributed by atoms with E-state index in [4.69, 9.17) is 10.2 Å². The third kappa shape index (κ3) is 4.10. The first-order chi connectivity index (χ1) is 9.95. The Morgan fingerprint density at radius 3 is 2.76 bits per heavy atom. The molecule has 2 rings (SSSR count). The number of rotatable bonds is 5. The van der Waals surface area contributed by atoms with Crippen molar-refractivity contribution < 1.29 is 9.21 Å². The first-order valence-electron chi connectivity index (χ1n) is 6.83. The van der Waals surface area contributed by atoms with Gasteiger partial charge >= 0.3 is 0 Å². The first kappa shape index (κ1) is 15.1. The molecule has 0 radical (unpaired) electrons. The third-order valence-corrected chi connectivity index (χ3v) is 3.36. The number of nitrogens with two attached hydrogens (primary N) is 1. The second-order valence-corrected chi connectivity index (χ2v) is 5.30. The highest BCUT2D eigenvalue weighted by Gasteiger charge is 2.11. The van der Waals surface area contributed by atoms with E-state index >= 15 is 0 Å². The monoisotopic (exact) mass is 287 g/mol. The summed E-state index contributed by atoms with van der Waals surface area (Å²) in [6, 6.07) is 7.40. The molecule has 3 N–H and O–H groups in total. The normalized spacial score (nSPS) is 10.9. The van der Waals surface area contributed by atoms with Gasteiger partial charge in [0.1, 0.15) is 5.76 Å². The summed E-state index contributed by atoms with van der Waals surface area (Å²) in [5.41, 5.74) is 9.21. The number of nitrogens with zero attached hydrogens (tertiary/aromatic N) is 1. The summed E-state index contributed by atoms with van der Waals surface area (Å²) in [5, 5.41) is 2.89. The van der Waals surface area contributed by atoms with Crippen molar-refractivity contribution in [3.8, 4) is 0 Å². The van der Waals surface area contributed by atoms with Gasteiger partial charge in [0.2, 0.25) is 5.91 Å². The van der Waals surface area contributed by atoms with Gasteiger partial charge in [-0.3, -0.25) is 9.69 Å². The van der Waals surface area contributed by atoms with Gasteiger partial charge in [-0.25, -0.2) is 0 Å². The topological polar surface area (TPSA) is 71.5 Å². The molecule has 2 aromatic rings. The molecule has 0 aliphatic heterocycles. The molecule has 1 heterocycles. The number of furan rings is 1. The van der Waals surface area contributed by atoms with E-state index in [1.165, 1.54) is 0 Å². The lowest BCUT2D eigenvalue weighted by Gasteiger charge is -2.16. The van der Waals surface area contributed by atoms with Crippen molar-refractivity contribution in [2.45, 2.75) is 20.4 Å². The SMILES string of the molecule is Cc1ccc(N)cc1NC(=O)CN(C)Cc1ccoc1C. The molecule has 0 atom stereocenters. The molecule has 0 bridgehead atoms. The number of benzene rings is 1. The molecular formula is C16H21N3O2. The lowest BCUT2D eigenvalue weighted by molar-refractivity contribution is -0.117. The highest BCUT2D eigenvalue weighted by atomic mass is 16.3. The fourth-order valence-corrected chi connectivity index (χ4v) is 2.13. The van der Waals surface area contributed by atoms with Crippen molar-refractivity contribution >= 4 is 17.3 Å². The number of nitrogens with one attached hydrogen (secondary N) is 1. The lowest BCUT2D eigenvalue weighted by Crippen LogP contribution is -2.30. The van der Waals surface area contributed by atoms with Crippen LogP contribution in [-0.2, 0) is 11.3 Å². The first-order valence-corrected chi connectivity index (χ1v) is 6.83. The number of amides is 1. The number of carbonyl (C=O) groups excluding carboxylic acids is 1. The van der Waals surface area contributed by atoms with Crippen LogP contribution in [-0.4, -0.2) is 24.4 Å². The molecule has 0 spiro atoms. The maximum atomic E-state index is 12.1. The molecule has 0 fully saturated rings. The molecule has 1 amide bonds. The van der Waals surface area contributed by atoms with Gasteiger partial charge in [-0.15, -0.1) is 0 Å². The molecule has 0 unspecified atom stereocenters. The summed E-state index contributed by atoms with van der Waals surface area (Å²) in [6.07, 6.45) is 1.66. The van der Waals surface area contributed by atoms with Gasteiger partial charge in [0, 0.05) is 23.5 Å². The zero-order chi connectivity index (χ0) is 15.4. The average molecular weight is 287 g/mol. The molecule has 1 aromatic heterocycles. The fraction of sp³-hybridized carbons (Fsp3) is 0.312. The number of likely N-dealkylation sites (N-methyl/N-ethyl adjacent to an activating group) is 1. The molecule has 21 heavy (non-hydrogen) atoms. The molecule has 0 aliphatic carbocycles. The van der Waals surface area contributed by atoms with Crippen molar-refractivity contribution in [1.29, 1.82) is 0 Å². The van der Waals surface area contributed by atoms with Gasteiger partial charge in [0.15, 0.2) is 0 Å². The Balaban J connectivity index is 1.92. The Hall–Kier alpha value is -2.27. The maximum Gasteiger partial charge on any atom is 0.238 e. The van der Waals surface area contributed by atoms with E-state index in [9.17, 15) is 4.79 Å². The Morgan fingerprint density at radius 2 is 2.10 bits per heavy atom. The van der Waals surface area contributed by atoms with Gasteiger partial charge in [0.25, 0.3) is 0 Å². The number of aryl methyl sites for hydroxylation is 2. The van der Waals surface area contributed by atoms with Crippen molar-refractivity contribution in [1.82, 2.24) is 4.90 Å². The summed E-state index contributed by atoms with van der Waals surface area (Å²) in [4.78, 5) is 14.0. The number of nitrogen functional groups attached to an aromatic ring is 1. The van der Waals surface area contributed by atoms with E-state index in [1.807, 2.05) is 44.0 Å². The minimum Gasteiger partial charge on any atom is -0.469 e. The summed E-state index contributed by atoms with van der Waals surface area (Å²) in [6.45, 7) is 4.83. The Labute approximate surface area is 124 Å². The second-order valence-electron chi connectivity index (χ2n) is 5.30. The third-order valence-electron chi connectivity index (χ3n) is 3.36. The molecule has 5 nitrogen and oxygen atoms in total. The highest BCUT2D eigenvalue weighted by molar-refractivity contribution is 5.93. The van der Waals surface area contributed by atoms with Gasteiger partial charge in [0.05, 0.1) is 12.8 Å². The fourth-order valence-electron chi connectivity index (χ4n) is 2.13. The predicted octanol–water partition coefficient (Wildman–Crippen LogP) is 2.55. The van der Waals surface area contributed by atoms with Crippen LogP contribution in [0.25, 0.3) is 0 Å². The highest BCUT2D eigenvalue weighted by Crippen LogP contribution is 2.18. The average Bonchev–Trinajstić information content (AvgIpc) is 2.79. The quantitative estimate of drug-likeness (QED) is 0.829. The Kier molecular flexibility index (Phi) is 4.65. The van der Waals surface area contributed by atoms with E-state index in [2.05, 4.69) is 5.32 Å². The summed E-state index contributed by atoms with van der Waals surface area (Å²) >= 11 is 0. The molecular weight excluding hydrogens is 266 g/mol. The van der Waals surface area contributed by atoms with Crippen molar-refractivity contribution in [3.05, 3.63) is 47.4 Å². The van der Waals surface area contributed by atoms with Crippen LogP contribution in [0, 0.1) is 13.8 Å². The summed E-state index contributed by atoms with van der Waals surface area (Å²) in [7, 11) is 1.90. The number of anilines is 2. The number of hydrogen-bond acceptors (Lipinski definition) is 4. The van der Waals surface area contributed by atoms with Gasteiger partial charge < -0.3 is 15.5 Å². The van der Waals surface area contributed by atoms with E-state index in [-0.39, 0.29) is 5.91 Å². The van der Waals surface area contributed by atoms with Crippen LogP contribution >= 0.6 is 0 Å². The van der Waals surface area contributed by atoms with Crippen molar-refractivity contribution in [2.75, 3.05) is 24.6 Å². The van der Waals surface area contributed by atoms with Crippen LogP contribution < -0.4 is 11.1 Å². The second kappa shape index (κ2) is 6.45. The Morgan fingerprint density at radius 1 is 1.33 bits per heavy atom. The van der Waals surface area contributed by atoms with E-state index < -0.39 is 0 Å². The standard InChI is InChI=1S/C16H21N3O2/c1-11-4-5-14(17)8-15(11)18-16(20)10-19(3)9-13-6-7-21-12(13)2/h4-8H,9-10,17H2,1-3H3,(H,18,20). The van der Waals surface area contributed by atoms with Gasteiger partial charge in [-0.2, -0.15) is 0 Å². The minimum absolute atomic E-state index is 0.0626. The minimum atomic E-state index is -0.0626. The Bertz CT molecular complexity index is 634. The van der Waals surface area contributed by atoms with Crippen LogP contribution in [0.15, 0.2) is 34.9 Å². The lowest BCUT2D eigenvalue weighted by atomic mass is 10.2. The van der Waals surface area contributed by atoms with Gasteiger partial charge in [-0.05, 0) is 44.7 Å². The van der Waals surface area contributed by atoms with Crippen molar-refractivity contribution in [2.24, 2.45) is 0 Å². The summed E-state index contributed by atoms with van der Waals surface area (Å²) < 4.78 is 5.25. The van der Waals surface area contributed by atoms with Gasteiger partial charge in [-0.1, -0.05) is 6.07 Å². The summed E-state index contributed by atoms with van der Waals surface area (Å²) in [5.74, 6) is 0.821. The van der Waals surface area contributed by atoms with Crippen LogP contribution in [0.3, 0.4) is 0 Å². The molecule has 5 heteroatoms. The van der Waals surface area contributed by atoms with Crippen LogP contribution in [0.4, 0.5) is 11.4 Å². The van der Waals surface area contributed by atoms with E-state index in [0.29, 0.717) is 18.8 Å². The number of carbonyl (C=O) groups is 1. The zero-order valence-electron chi connectivity index (χ0n) is 12.6. The maximum absolute atomic E-state index is 12.1. The van der Waals surface area contributed by atoms with Crippen molar-refractivity contribution in [3.63, 3.8) is 0 Å². The zero-order valence-corrected chi connectivity index (χ0v) is 12.6. The molecule has 0 aliphatic rings. The smallest absolute Gasteiger partial charge is 0.238 e. The van der Waals surface area contributed by atoms with E-state index in [1.54, 1.807) is 12.3 Å². The molecule has 1 aromatic carbocycles. The predicted molar refractivity (Wildman–Crippen MR) is 84.0 cm³/mol. The van der Waals surface area contributed by atoms with E-state index in [0.717, 1.165) is 22.6 Å². The molecule has 0 saturated carbocycles. The van der Waals surface area contributed by atoms with Crippen LogP contribution in [0.1, 0.15) is 16.9 Å². The van der Waals surface area contributed by atoms with Crippen LogP contribution in [0.5, 0.6) is 0 Å².